The minimum atomic E-state index is -4.39. The Morgan fingerprint density at radius 2 is 0.733 bits per heavy atom. The topological polar surface area (TPSA) is 134 Å². The average molecular weight is 1070 g/mol. The van der Waals surface area contributed by atoms with E-state index in [0.717, 1.165) is 83.5 Å². The monoisotopic (exact) mass is 1070 g/mol. The summed E-state index contributed by atoms with van der Waals surface area (Å²) in [5.41, 5.74) is 5.38. The molecule has 2 atom stereocenters. The fourth-order valence-electron chi connectivity index (χ4n) is 8.95. The van der Waals surface area contributed by atoms with E-state index in [2.05, 4.69) is 86.8 Å². The summed E-state index contributed by atoms with van der Waals surface area (Å²) < 4.78 is 33.0. The van der Waals surface area contributed by atoms with Crippen molar-refractivity contribution in [1.82, 2.24) is 0 Å². The van der Waals surface area contributed by atoms with Gasteiger partial charge < -0.3 is 20.1 Å². The zero-order valence-corrected chi connectivity index (χ0v) is 49.7. The molecule has 0 saturated carbocycles. The number of nitrogens with two attached hydrogens (primary N) is 1. The van der Waals surface area contributed by atoms with Crippen LogP contribution >= 0.6 is 7.82 Å². The van der Waals surface area contributed by atoms with Crippen molar-refractivity contribution in [3.05, 3.63) is 72.9 Å². The van der Waals surface area contributed by atoms with Gasteiger partial charge in [0, 0.05) is 19.4 Å². The Hall–Kier alpha value is -2.55. The molecule has 0 amide bonds. The third-order valence-corrected chi connectivity index (χ3v) is 14.6. The van der Waals surface area contributed by atoms with Crippen LogP contribution in [0.4, 0.5) is 0 Å². The van der Waals surface area contributed by atoms with Crippen LogP contribution in [0.15, 0.2) is 72.9 Å². The standard InChI is InChI=1S/C65H118NO8P/c1-3-5-7-9-11-13-15-17-19-20-21-22-23-24-25-26-27-28-29-30-31-32-33-34-35-36-37-38-39-40-41-42-44-46-48-50-52-54-56-58-65(68)74-63(62-73-75(69,70)72-60-59-66)61-71-64(67)57-55-53-51-49-47-45-43-18-16-14-12-10-8-6-4-2/h5,7,11,13,17-19,21-22,24-25,43,63H,3-4,6,8-10,12,14-16,20,23,26-42,44-62,66H2,1-2H3,(H,69,70)/b7-5-,13-11-,19-17-,22-21-,25-24-,43-18-. The van der Waals surface area contributed by atoms with Gasteiger partial charge in [0.25, 0.3) is 0 Å². The second-order valence-corrected chi connectivity index (χ2v) is 22.3. The SMILES string of the molecule is CC/C=C\C/C=C\C/C=C\C/C=C\C/C=C\CCCCCCCCCCCCCCCCCCCCCCCCCC(=O)OC(COC(=O)CCCCCCC/C=C\CCCCCCCC)COP(=O)(O)OCCN. The van der Waals surface area contributed by atoms with Gasteiger partial charge in [-0.3, -0.25) is 18.6 Å². The quantitative estimate of drug-likeness (QED) is 0.0264. The number of carbonyl (C=O) groups excluding carboxylic acids is 2. The van der Waals surface area contributed by atoms with Crippen molar-refractivity contribution in [2.75, 3.05) is 26.4 Å². The van der Waals surface area contributed by atoms with Crippen molar-refractivity contribution in [1.29, 1.82) is 0 Å². The van der Waals surface area contributed by atoms with Crippen LogP contribution in [0.1, 0.15) is 296 Å². The molecule has 3 N–H and O–H groups in total. The summed E-state index contributed by atoms with van der Waals surface area (Å²) in [7, 11) is -4.39. The fraction of sp³-hybridized carbons (Fsp3) is 0.785. The van der Waals surface area contributed by atoms with Crippen LogP contribution in [0.5, 0.6) is 0 Å². The van der Waals surface area contributed by atoms with Crippen molar-refractivity contribution < 1.29 is 37.6 Å². The third-order valence-electron chi connectivity index (χ3n) is 13.6. The van der Waals surface area contributed by atoms with Gasteiger partial charge in [-0.05, 0) is 83.5 Å². The van der Waals surface area contributed by atoms with Gasteiger partial charge in [-0.15, -0.1) is 0 Å². The molecule has 10 heteroatoms. The molecule has 0 heterocycles. The van der Waals surface area contributed by atoms with Crippen LogP contribution in [0.2, 0.25) is 0 Å². The Kier molecular flexibility index (Phi) is 58.6. The zero-order chi connectivity index (χ0) is 54.5. The van der Waals surface area contributed by atoms with E-state index < -0.39 is 26.5 Å². The second kappa shape index (κ2) is 60.7. The lowest BCUT2D eigenvalue weighted by Crippen LogP contribution is -2.29. The number of carbonyl (C=O) groups is 2. The maximum atomic E-state index is 12.7. The normalized spacial score (nSPS) is 13.5. The van der Waals surface area contributed by atoms with E-state index in [0.29, 0.717) is 6.42 Å². The Bertz CT molecular complexity index is 1460. The molecule has 0 aliphatic carbocycles. The van der Waals surface area contributed by atoms with E-state index in [1.807, 2.05) is 0 Å². The number of unbranched alkanes of at least 4 members (excludes halogenated alkanes) is 34. The molecule has 0 fully saturated rings. The Morgan fingerprint density at radius 1 is 0.413 bits per heavy atom. The fourth-order valence-corrected chi connectivity index (χ4v) is 9.72. The highest BCUT2D eigenvalue weighted by atomic mass is 31.2. The average Bonchev–Trinajstić information content (AvgIpc) is 3.40. The van der Waals surface area contributed by atoms with E-state index in [4.69, 9.17) is 24.3 Å². The lowest BCUT2D eigenvalue weighted by Gasteiger charge is -2.19. The minimum absolute atomic E-state index is 0.0526. The molecule has 0 spiro atoms. The van der Waals surface area contributed by atoms with Crippen LogP contribution in [0, 0.1) is 0 Å². The Labute approximate surface area is 462 Å². The van der Waals surface area contributed by atoms with Gasteiger partial charge in [-0.1, -0.05) is 273 Å². The molecule has 0 aliphatic heterocycles. The van der Waals surface area contributed by atoms with E-state index >= 15 is 0 Å². The van der Waals surface area contributed by atoms with E-state index in [1.54, 1.807) is 0 Å². The van der Waals surface area contributed by atoms with Crippen LogP contribution in [0.3, 0.4) is 0 Å². The van der Waals surface area contributed by atoms with Crippen LogP contribution in [0.25, 0.3) is 0 Å². The number of allylic oxidation sites excluding steroid dienone is 12. The lowest BCUT2D eigenvalue weighted by atomic mass is 10.0. The lowest BCUT2D eigenvalue weighted by molar-refractivity contribution is -0.161. The first-order chi connectivity index (χ1) is 36.8. The van der Waals surface area contributed by atoms with E-state index in [1.165, 1.54) is 180 Å². The van der Waals surface area contributed by atoms with Crippen molar-refractivity contribution in [2.45, 2.75) is 302 Å². The van der Waals surface area contributed by atoms with Crippen LogP contribution < -0.4 is 5.73 Å². The molecule has 0 aromatic heterocycles. The van der Waals surface area contributed by atoms with E-state index in [9.17, 15) is 19.0 Å². The molecule has 2 unspecified atom stereocenters. The van der Waals surface area contributed by atoms with Gasteiger partial charge >= 0.3 is 19.8 Å². The summed E-state index contributed by atoms with van der Waals surface area (Å²) >= 11 is 0. The molecule has 0 aliphatic rings. The molecule has 75 heavy (non-hydrogen) atoms. The van der Waals surface area contributed by atoms with Crippen LogP contribution in [-0.4, -0.2) is 49.3 Å². The number of ether oxygens (including phenoxy) is 2. The first-order valence-corrected chi connectivity index (χ1v) is 32.9. The third kappa shape index (κ3) is 60.5. The zero-order valence-electron chi connectivity index (χ0n) is 48.8. The molecule has 0 aromatic carbocycles. The Balaban J connectivity index is 3.79. The highest BCUT2D eigenvalue weighted by Crippen LogP contribution is 2.43. The smallest absolute Gasteiger partial charge is 0.462 e. The molecule has 0 saturated heterocycles. The second-order valence-electron chi connectivity index (χ2n) is 20.9. The van der Waals surface area contributed by atoms with Crippen LogP contribution in [-0.2, 0) is 32.7 Å². The predicted octanol–water partition coefficient (Wildman–Crippen LogP) is 20.1. The largest absolute Gasteiger partial charge is 0.472 e. The molecule has 0 aromatic rings. The maximum absolute atomic E-state index is 12.7. The van der Waals surface area contributed by atoms with Crippen molar-refractivity contribution in [3.8, 4) is 0 Å². The summed E-state index contributed by atoms with van der Waals surface area (Å²) in [4.78, 5) is 35.2. The minimum Gasteiger partial charge on any atom is -0.462 e. The summed E-state index contributed by atoms with van der Waals surface area (Å²) in [6, 6.07) is 0. The summed E-state index contributed by atoms with van der Waals surface area (Å²) in [5.74, 6) is -0.826. The molecular formula is C65H118NO8P. The number of hydrogen-bond donors (Lipinski definition) is 2. The number of rotatable bonds is 59. The predicted molar refractivity (Wildman–Crippen MR) is 321 cm³/mol. The molecular weight excluding hydrogens is 954 g/mol. The van der Waals surface area contributed by atoms with Crippen molar-refractivity contribution in [2.24, 2.45) is 5.73 Å². The highest BCUT2D eigenvalue weighted by Gasteiger charge is 2.26. The summed E-state index contributed by atoms with van der Waals surface area (Å²) in [5, 5.41) is 0. The van der Waals surface area contributed by atoms with Gasteiger partial charge in [0.05, 0.1) is 13.2 Å². The number of phosphoric acid groups is 1. The molecule has 436 valence electrons. The van der Waals surface area contributed by atoms with Gasteiger partial charge in [-0.25, -0.2) is 4.57 Å². The summed E-state index contributed by atoms with van der Waals surface area (Å²) in [6.07, 6.45) is 78.5. The van der Waals surface area contributed by atoms with Gasteiger partial charge in [0.1, 0.15) is 6.61 Å². The molecule has 0 radical (unpaired) electrons. The van der Waals surface area contributed by atoms with Crippen molar-refractivity contribution >= 4 is 19.8 Å². The van der Waals surface area contributed by atoms with Crippen molar-refractivity contribution in [3.63, 3.8) is 0 Å². The first kappa shape index (κ1) is 72.5. The summed E-state index contributed by atoms with van der Waals surface area (Å²) in [6.45, 7) is 3.64. The number of hydrogen-bond acceptors (Lipinski definition) is 8. The molecule has 0 bridgehead atoms. The van der Waals surface area contributed by atoms with Gasteiger partial charge in [-0.2, -0.15) is 0 Å². The Morgan fingerprint density at radius 3 is 1.11 bits per heavy atom. The maximum Gasteiger partial charge on any atom is 0.472 e. The van der Waals surface area contributed by atoms with E-state index in [-0.39, 0.29) is 38.6 Å². The van der Waals surface area contributed by atoms with Gasteiger partial charge in [0.2, 0.25) is 0 Å². The van der Waals surface area contributed by atoms with Gasteiger partial charge in [0.15, 0.2) is 6.10 Å². The number of esters is 2. The molecule has 9 nitrogen and oxygen atoms in total. The highest BCUT2D eigenvalue weighted by molar-refractivity contribution is 7.47. The number of phosphoric ester groups is 1. The molecule has 0 rings (SSSR count). The first-order valence-electron chi connectivity index (χ1n) is 31.4.